The van der Waals surface area contributed by atoms with Gasteiger partial charge >= 0.3 is 0 Å². The first-order chi connectivity index (χ1) is 11.1. The first kappa shape index (κ1) is 15.5. The summed E-state index contributed by atoms with van der Waals surface area (Å²) >= 11 is 10.7. The van der Waals surface area contributed by atoms with Gasteiger partial charge in [0.2, 0.25) is 0 Å². The number of anilines is 1. The van der Waals surface area contributed by atoms with Gasteiger partial charge in [0.1, 0.15) is 17.8 Å². The van der Waals surface area contributed by atoms with Gasteiger partial charge in [-0.2, -0.15) is 5.26 Å². The number of nitriles is 1. The second-order valence-corrected chi connectivity index (χ2v) is 5.74. The molecule has 0 aromatic heterocycles. The summed E-state index contributed by atoms with van der Waals surface area (Å²) in [5.74, 6) is -0.463. The maximum atomic E-state index is 12.2. The molecule has 1 amide bonds. The van der Waals surface area contributed by atoms with Gasteiger partial charge in [0.15, 0.2) is 0 Å². The number of hydrogen-bond donors (Lipinski definition) is 2. The maximum Gasteiger partial charge on any atom is 0.266 e. The van der Waals surface area contributed by atoms with Gasteiger partial charge in [0.25, 0.3) is 5.91 Å². The largest absolute Gasteiger partial charge is 0.327 e. The zero-order valence-corrected chi connectivity index (χ0v) is 13.6. The van der Waals surface area contributed by atoms with Crippen LogP contribution in [-0.4, -0.2) is 5.91 Å². The van der Waals surface area contributed by atoms with Crippen molar-refractivity contribution in [2.45, 2.75) is 6.17 Å². The molecule has 1 aliphatic heterocycles. The molecule has 23 heavy (non-hydrogen) atoms. The van der Waals surface area contributed by atoms with E-state index < -0.39 is 12.1 Å². The second kappa shape index (κ2) is 6.37. The Hall–Kier alpha value is -2.42. The van der Waals surface area contributed by atoms with Gasteiger partial charge in [0.05, 0.1) is 5.03 Å². The zero-order chi connectivity index (χ0) is 16.4. The van der Waals surface area contributed by atoms with Gasteiger partial charge in [-0.3, -0.25) is 4.79 Å². The third-order valence-corrected chi connectivity index (χ3v) is 4.33. The standard InChI is InChI=1S/C17H12ClN3OS/c18-14-9-5-4-8-12(14)15-20-16(22)13(10-19)17(23)21(15)11-6-2-1-3-7-11/h1-9,15,23H,(H,20,22)/t15-/m0/s1. The van der Waals surface area contributed by atoms with Crippen LogP contribution in [0.5, 0.6) is 0 Å². The van der Waals surface area contributed by atoms with Crippen LogP contribution < -0.4 is 10.2 Å². The van der Waals surface area contributed by atoms with Crippen molar-refractivity contribution < 1.29 is 4.79 Å². The first-order valence-corrected chi connectivity index (χ1v) is 7.69. The molecule has 0 saturated carbocycles. The number of para-hydroxylation sites is 1. The molecule has 2 aromatic carbocycles. The molecular weight excluding hydrogens is 330 g/mol. The van der Waals surface area contributed by atoms with Crippen molar-refractivity contribution in [1.29, 1.82) is 5.26 Å². The highest BCUT2D eigenvalue weighted by Gasteiger charge is 2.34. The number of nitrogens with zero attached hydrogens (tertiary/aromatic N) is 2. The van der Waals surface area contributed by atoms with Crippen LogP contribution in [0, 0.1) is 11.3 Å². The molecule has 0 spiro atoms. The molecule has 0 unspecified atom stereocenters. The Kier molecular flexibility index (Phi) is 4.28. The second-order valence-electron chi connectivity index (χ2n) is 4.91. The molecule has 1 N–H and O–H groups in total. The van der Waals surface area contributed by atoms with Crippen LogP contribution in [0.15, 0.2) is 65.2 Å². The van der Waals surface area contributed by atoms with E-state index in [-0.39, 0.29) is 5.57 Å². The lowest BCUT2D eigenvalue weighted by Gasteiger charge is -2.38. The van der Waals surface area contributed by atoms with Crippen molar-refractivity contribution in [3.05, 3.63) is 75.8 Å². The fourth-order valence-electron chi connectivity index (χ4n) is 2.48. The maximum absolute atomic E-state index is 12.2. The molecule has 114 valence electrons. The van der Waals surface area contributed by atoms with Crippen LogP contribution in [0.3, 0.4) is 0 Å². The summed E-state index contributed by atoms with van der Waals surface area (Å²) in [7, 11) is 0. The number of halogens is 1. The Morgan fingerprint density at radius 1 is 1.13 bits per heavy atom. The number of amides is 1. The van der Waals surface area contributed by atoms with Crippen molar-refractivity contribution in [3.8, 4) is 6.07 Å². The van der Waals surface area contributed by atoms with Crippen molar-refractivity contribution in [1.82, 2.24) is 5.32 Å². The van der Waals surface area contributed by atoms with Gasteiger partial charge in [-0.1, -0.05) is 48.0 Å². The molecule has 6 heteroatoms. The number of nitrogens with one attached hydrogen (secondary N) is 1. The van der Waals surface area contributed by atoms with Gasteiger partial charge in [-0.25, -0.2) is 0 Å². The lowest BCUT2D eigenvalue weighted by molar-refractivity contribution is -0.118. The third-order valence-electron chi connectivity index (χ3n) is 3.55. The first-order valence-electron chi connectivity index (χ1n) is 6.86. The van der Waals surface area contributed by atoms with Gasteiger partial charge in [-0.15, -0.1) is 12.6 Å². The summed E-state index contributed by atoms with van der Waals surface area (Å²) in [6.45, 7) is 0. The SMILES string of the molecule is N#CC1=C(S)N(c2ccccc2)[C@@H](c2ccccc2Cl)NC1=O. The van der Waals surface area contributed by atoms with Crippen molar-refractivity contribution in [2.75, 3.05) is 4.90 Å². The summed E-state index contributed by atoms with van der Waals surface area (Å²) in [5, 5.41) is 12.9. The number of carbonyl (C=O) groups excluding carboxylic acids is 1. The summed E-state index contributed by atoms with van der Waals surface area (Å²) in [4.78, 5) is 14.0. The molecule has 0 fully saturated rings. The van der Waals surface area contributed by atoms with E-state index in [1.807, 2.05) is 54.6 Å². The zero-order valence-electron chi connectivity index (χ0n) is 11.9. The van der Waals surface area contributed by atoms with Crippen LogP contribution in [0.4, 0.5) is 5.69 Å². The van der Waals surface area contributed by atoms with Crippen LogP contribution in [-0.2, 0) is 4.79 Å². The van der Waals surface area contributed by atoms with Crippen LogP contribution >= 0.6 is 24.2 Å². The minimum Gasteiger partial charge on any atom is -0.327 e. The van der Waals surface area contributed by atoms with Gasteiger partial charge in [0, 0.05) is 16.3 Å². The third kappa shape index (κ3) is 2.79. The molecule has 1 atom stereocenters. The van der Waals surface area contributed by atoms with Crippen molar-refractivity contribution in [3.63, 3.8) is 0 Å². The molecule has 2 aromatic rings. The lowest BCUT2D eigenvalue weighted by atomic mass is 10.1. The van der Waals surface area contributed by atoms with E-state index in [4.69, 9.17) is 11.6 Å². The highest BCUT2D eigenvalue weighted by molar-refractivity contribution is 7.84. The predicted molar refractivity (Wildman–Crippen MR) is 92.9 cm³/mol. The molecule has 3 rings (SSSR count). The molecule has 0 radical (unpaired) electrons. The number of hydrogen-bond acceptors (Lipinski definition) is 4. The highest BCUT2D eigenvalue weighted by atomic mass is 35.5. The fourth-order valence-corrected chi connectivity index (χ4v) is 3.10. The number of rotatable bonds is 2. The van der Waals surface area contributed by atoms with Crippen molar-refractivity contribution in [2.24, 2.45) is 0 Å². The van der Waals surface area contributed by atoms with E-state index in [1.54, 1.807) is 11.0 Å². The molecule has 1 aliphatic rings. The van der Waals surface area contributed by atoms with Gasteiger partial charge in [-0.05, 0) is 18.2 Å². The smallest absolute Gasteiger partial charge is 0.266 e. The Morgan fingerprint density at radius 2 is 1.78 bits per heavy atom. The lowest BCUT2D eigenvalue weighted by Crippen LogP contribution is -2.46. The normalized spacial score (nSPS) is 17.7. The summed E-state index contributed by atoms with van der Waals surface area (Å²) in [6, 6.07) is 18.6. The molecule has 0 bridgehead atoms. The predicted octanol–water partition coefficient (Wildman–Crippen LogP) is 3.64. The van der Waals surface area contributed by atoms with E-state index in [9.17, 15) is 10.1 Å². The average Bonchev–Trinajstić information content (AvgIpc) is 2.56. The van der Waals surface area contributed by atoms with E-state index in [1.165, 1.54) is 0 Å². The summed E-state index contributed by atoms with van der Waals surface area (Å²) in [6.07, 6.45) is -0.539. The molecule has 4 nitrogen and oxygen atoms in total. The fraction of sp³-hybridized carbons (Fsp3) is 0.0588. The minimum absolute atomic E-state index is 0.0273. The van der Waals surface area contributed by atoms with E-state index in [0.29, 0.717) is 10.1 Å². The summed E-state index contributed by atoms with van der Waals surface area (Å²) < 4.78 is 0. The topological polar surface area (TPSA) is 56.1 Å². The van der Waals surface area contributed by atoms with Crippen molar-refractivity contribution >= 4 is 35.8 Å². The number of benzene rings is 2. The molecule has 0 saturated heterocycles. The average molecular weight is 342 g/mol. The molecule has 1 heterocycles. The Labute approximate surface area is 144 Å². The summed E-state index contributed by atoms with van der Waals surface area (Å²) in [5.41, 5.74) is 1.51. The number of carbonyl (C=O) groups is 1. The molecular formula is C17H12ClN3OS. The Morgan fingerprint density at radius 3 is 2.43 bits per heavy atom. The molecule has 0 aliphatic carbocycles. The Balaban J connectivity index is 2.19. The quantitative estimate of drug-likeness (QED) is 0.820. The van der Waals surface area contributed by atoms with E-state index >= 15 is 0 Å². The van der Waals surface area contributed by atoms with E-state index in [0.717, 1.165) is 11.3 Å². The number of thiol groups is 1. The van der Waals surface area contributed by atoms with Crippen LogP contribution in [0.1, 0.15) is 11.7 Å². The highest BCUT2D eigenvalue weighted by Crippen LogP contribution is 2.37. The van der Waals surface area contributed by atoms with Gasteiger partial charge < -0.3 is 10.2 Å². The van der Waals surface area contributed by atoms with E-state index in [2.05, 4.69) is 17.9 Å². The monoisotopic (exact) mass is 341 g/mol. The van der Waals surface area contributed by atoms with Crippen LogP contribution in [0.2, 0.25) is 5.02 Å². The Bertz CT molecular complexity index is 829. The minimum atomic E-state index is -0.539. The van der Waals surface area contributed by atoms with Crippen LogP contribution in [0.25, 0.3) is 0 Å².